The second kappa shape index (κ2) is 13.5. The van der Waals surface area contributed by atoms with E-state index < -0.39 is 18.1 Å². The minimum Gasteiger partial charge on any atom is -0.403 e. The summed E-state index contributed by atoms with van der Waals surface area (Å²) in [6, 6.07) is 17.5. The van der Waals surface area contributed by atoms with Gasteiger partial charge in [0, 0.05) is 30.6 Å². The monoisotopic (exact) mass is 509 g/mol. The van der Waals surface area contributed by atoms with E-state index in [1.54, 1.807) is 36.7 Å². The molecule has 0 aliphatic rings. The van der Waals surface area contributed by atoms with Crippen LogP contribution in [0.25, 0.3) is 0 Å². The summed E-state index contributed by atoms with van der Waals surface area (Å²) in [6.07, 6.45) is 3.79. The molecule has 0 saturated heterocycles. The zero-order valence-electron chi connectivity index (χ0n) is 19.1. The highest BCUT2D eigenvalue weighted by atomic mass is 32.2. The van der Waals surface area contributed by atoms with Crippen molar-refractivity contribution >= 4 is 35.2 Å². The maximum Gasteiger partial charge on any atom is 0.270 e. The van der Waals surface area contributed by atoms with Gasteiger partial charge in [0.15, 0.2) is 0 Å². The van der Waals surface area contributed by atoms with Crippen LogP contribution in [0.2, 0.25) is 0 Å². The van der Waals surface area contributed by atoms with Gasteiger partial charge >= 0.3 is 0 Å². The average Bonchev–Trinajstić information content (AvgIpc) is 2.88. The van der Waals surface area contributed by atoms with Crippen molar-refractivity contribution in [2.24, 2.45) is 5.73 Å². The number of benzene rings is 1. The third-order valence-corrected chi connectivity index (χ3v) is 6.67. The highest BCUT2D eigenvalue weighted by Gasteiger charge is 2.24. The van der Waals surface area contributed by atoms with Crippen molar-refractivity contribution in [1.29, 1.82) is 0 Å². The Labute approximate surface area is 213 Å². The van der Waals surface area contributed by atoms with Crippen LogP contribution in [-0.4, -0.2) is 40.7 Å². The molecular weight excluding hydrogens is 482 g/mol. The van der Waals surface area contributed by atoms with Gasteiger partial charge in [-0.2, -0.15) is 0 Å². The number of rotatable bonds is 12. The van der Waals surface area contributed by atoms with Gasteiger partial charge in [0.2, 0.25) is 0 Å². The van der Waals surface area contributed by atoms with Crippen LogP contribution in [0, 0.1) is 0 Å². The maximum absolute atomic E-state index is 12.9. The first-order valence-corrected chi connectivity index (χ1v) is 12.3. The molecule has 182 valence electrons. The minimum absolute atomic E-state index is 0.137. The van der Waals surface area contributed by atoms with Gasteiger partial charge in [-0.3, -0.25) is 9.78 Å². The molecule has 8 nitrogen and oxygen atoms in total. The molecule has 0 saturated carbocycles. The number of carbonyl (C=O) groups is 1. The molecule has 5 N–H and O–H groups in total. The van der Waals surface area contributed by atoms with Crippen LogP contribution < -0.4 is 16.4 Å². The number of aromatic nitrogens is 2. The van der Waals surface area contributed by atoms with Crippen molar-refractivity contribution in [3.05, 3.63) is 106 Å². The largest absolute Gasteiger partial charge is 0.403 e. The Balaban J connectivity index is 1.64. The summed E-state index contributed by atoms with van der Waals surface area (Å²) in [4.78, 5) is 22.1. The molecule has 3 rings (SSSR count). The van der Waals surface area contributed by atoms with Gasteiger partial charge in [0.25, 0.3) is 5.91 Å². The Bertz CT molecular complexity index is 1150. The molecule has 3 aromatic rings. The standard InChI is InChI=1S/C25H27N5O3S2/c1-17(29-22-10-6-7-12-28-22)34-23(15-26)35-19-11-13-27-20(14-19)25(32)30-21(16-33-2)24(31)18-8-4-3-5-9-18/h3-15,21,24,31H,1,16,26H2,2H3,(H,28,29)(H,30,32)/b23-15+/t21-,24-/m0/s1. The van der Waals surface area contributed by atoms with Crippen molar-refractivity contribution in [1.82, 2.24) is 15.3 Å². The van der Waals surface area contributed by atoms with Crippen LogP contribution in [0.4, 0.5) is 5.82 Å². The number of aliphatic hydroxyl groups is 1. The summed E-state index contributed by atoms with van der Waals surface area (Å²) in [5.74, 6) is 0.259. The Hall–Kier alpha value is -3.31. The van der Waals surface area contributed by atoms with Crippen LogP contribution in [0.5, 0.6) is 0 Å². The number of ether oxygens (including phenoxy) is 1. The maximum atomic E-state index is 12.9. The van der Waals surface area contributed by atoms with Crippen molar-refractivity contribution < 1.29 is 14.6 Å². The number of pyridine rings is 2. The molecule has 10 heteroatoms. The third kappa shape index (κ3) is 8.15. The van der Waals surface area contributed by atoms with Crippen molar-refractivity contribution in [3.63, 3.8) is 0 Å². The van der Waals surface area contributed by atoms with Crippen LogP contribution in [-0.2, 0) is 4.74 Å². The van der Waals surface area contributed by atoms with Gasteiger partial charge in [0.05, 0.1) is 21.9 Å². The van der Waals surface area contributed by atoms with Crippen molar-refractivity contribution in [3.8, 4) is 0 Å². The van der Waals surface area contributed by atoms with E-state index in [4.69, 9.17) is 10.5 Å². The van der Waals surface area contributed by atoms with E-state index >= 15 is 0 Å². The Morgan fingerprint density at radius 3 is 2.63 bits per heavy atom. The fraction of sp³-hybridized carbons (Fsp3) is 0.160. The van der Waals surface area contributed by atoms with Gasteiger partial charge in [-0.05, 0) is 29.8 Å². The average molecular weight is 510 g/mol. The summed E-state index contributed by atoms with van der Waals surface area (Å²) in [7, 11) is 1.52. The molecule has 0 bridgehead atoms. The predicted octanol–water partition coefficient (Wildman–Crippen LogP) is 4.12. The summed E-state index contributed by atoms with van der Waals surface area (Å²) in [5.41, 5.74) is 6.72. The van der Waals surface area contributed by atoms with E-state index in [0.717, 1.165) is 9.13 Å². The highest BCUT2D eigenvalue weighted by Crippen LogP contribution is 2.37. The van der Waals surface area contributed by atoms with E-state index in [-0.39, 0.29) is 12.3 Å². The Morgan fingerprint density at radius 1 is 1.17 bits per heavy atom. The number of methoxy groups -OCH3 is 1. The molecule has 0 spiro atoms. The molecular formula is C25H27N5O3S2. The third-order valence-electron chi connectivity index (χ3n) is 4.66. The zero-order chi connectivity index (χ0) is 25.0. The normalized spacial score (nSPS) is 13.0. The van der Waals surface area contributed by atoms with Crippen LogP contribution >= 0.6 is 23.5 Å². The fourth-order valence-corrected chi connectivity index (χ4v) is 4.87. The van der Waals surface area contributed by atoms with Crippen LogP contribution in [0.1, 0.15) is 22.2 Å². The number of hydrogen-bond donors (Lipinski definition) is 4. The first kappa shape index (κ1) is 26.3. The molecule has 0 unspecified atom stereocenters. The number of anilines is 1. The van der Waals surface area contributed by atoms with E-state index in [2.05, 4.69) is 27.2 Å². The van der Waals surface area contributed by atoms with E-state index in [9.17, 15) is 9.90 Å². The number of amides is 1. The first-order chi connectivity index (χ1) is 17.0. The van der Waals surface area contributed by atoms with Gasteiger partial charge in [-0.15, -0.1) is 0 Å². The van der Waals surface area contributed by atoms with Crippen molar-refractivity contribution in [2.75, 3.05) is 19.0 Å². The second-order valence-electron chi connectivity index (χ2n) is 7.22. The number of nitrogens with two attached hydrogens (primary N) is 1. The summed E-state index contributed by atoms with van der Waals surface area (Å²) in [6.45, 7) is 4.14. The number of hydrogen-bond acceptors (Lipinski definition) is 9. The lowest BCUT2D eigenvalue weighted by atomic mass is 10.0. The summed E-state index contributed by atoms with van der Waals surface area (Å²) >= 11 is 2.73. The molecule has 2 atom stereocenters. The second-order valence-corrected chi connectivity index (χ2v) is 9.73. The number of aliphatic hydroxyl groups excluding tert-OH is 1. The summed E-state index contributed by atoms with van der Waals surface area (Å²) in [5, 5.41) is 17.3. The molecule has 2 aromatic heterocycles. The van der Waals surface area contributed by atoms with Gasteiger partial charge in [0.1, 0.15) is 17.6 Å². The SMILES string of the molecule is C=C(Nc1ccccn1)S/C(=C\N)Sc1ccnc(C(=O)N[C@@H](COC)[C@@H](O)c2ccccc2)c1. The molecule has 35 heavy (non-hydrogen) atoms. The van der Waals surface area contributed by atoms with Crippen LogP contribution in [0.3, 0.4) is 0 Å². The molecule has 1 amide bonds. The first-order valence-electron chi connectivity index (χ1n) is 10.6. The van der Waals surface area contributed by atoms with E-state index in [0.29, 0.717) is 16.4 Å². The topological polar surface area (TPSA) is 122 Å². The molecule has 0 aliphatic heterocycles. The smallest absolute Gasteiger partial charge is 0.270 e. The fourth-order valence-electron chi connectivity index (χ4n) is 3.05. The summed E-state index contributed by atoms with van der Waals surface area (Å²) < 4.78 is 5.97. The van der Waals surface area contributed by atoms with Gasteiger partial charge in [-0.25, -0.2) is 4.98 Å². The number of thioether (sulfide) groups is 2. The Morgan fingerprint density at radius 2 is 1.94 bits per heavy atom. The zero-order valence-corrected chi connectivity index (χ0v) is 20.8. The van der Waals surface area contributed by atoms with E-state index in [1.807, 2.05) is 36.4 Å². The number of nitrogens with one attached hydrogen (secondary N) is 2. The quantitative estimate of drug-likeness (QED) is 0.267. The molecule has 0 radical (unpaired) electrons. The van der Waals surface area contributed by atoms with Gasteiger partial charge < -0.3 is 26.2 Å². The molecule has 0 fully saturated rings. The molecule has 0 aliphatic carbocycles. The molecule has 1 aromatic carbocycles. The lowest BCUT2D eigenvalue weighted by molar-refractivity contribution is 0.0591. The number of nitrogens with zero attached hydrogens (tertiary/aromatic N) is 2. The van der Waals surface area contributed by atoms with Crippen molar-refractivity contribution in [2.45, 2.75) is 17.0 Å². The molecule has 2 heterocycles. The predicted molar refractivity (Wildman–Crippen MR) is 141 cm³/mol. The number of carbonyl (C=O) groups excluding carboxylic acids is 1. The lowest BCUT2D eigenvalue weighted by Gasteiger charge is -2.23. The van der Waals surface area contributed by atoms with Gasteiger partial charge in [-0.1, -0.05) is 66.5 Å². The minimum atomic E-state index is -0.932. The van der Waals surface area contributed by atoms with Crippen LogP contribution in [0.15, 0.2) is 100.0 Å². The highest BCUT2D eigenvalue weighted by molar-refractivity contribution is 8.24. The van der Waals surface area contributed by atoms with E-state index in [1.165, 1.54) is 36.8 Å². The lowest BCUT2D eigenvalue weighted by Crippen LogP contribution is -2.42. The Kier molecular flexibility index (Phi) is 10.2.